The first-order chi connectivity index (χ1) is 8.74. The molecule has 0 aliphatic carbocycles. The number of hydrogen-bond acceptors (Lipinski definition) is 3. The Morgan fingerprint density at radius 3 is 2.42 bits per heavy atom. The van der Waals surface area contributed by atoms with Crippen LogP contribution in [0.3, 0.4) is 0 Å². The van der Waals surface area contributed by atoms with Crippen LogP contribution in [0.25, 0.3) is 0 Å². The van der Waals surface area contributed by atoms with Gasteiger partial charge in [0, 0.05) is 18.2 Å². The molecular formula is C13H18F3NO2. The molecule has 0 spiro atoms. The van der Waals surface area contributed by atoms with Gasteiger partial charge in [-0.2, -0.15) is 13.2 Å². The number of alkyl halides is 3. The van der Waals surface area contributed by atoms with Gasteiger partial charge in [0.15, 0.2) is 11.5 Å². The van der Waals surface area contributed by atoms with Gasteiger partial charge in [-0.1, -0.05) is 12.1 Å². The molecular weight excluding hydrogens is 259 g/mol. The van der Waals surface area contributed by atoms with Crippen LogP contribution in [0.4, 0.5) is 13.2 Å². The standard InChI is InChI=1S/C13H18F3NO2/c1-9(2)17(8-13(14,15)16)7-10-5-4-6-11(19-3)12(10)18/h4-6,9,18H,7-8H2,1-3H3. The minimum atomic E-state index is -4.27. The summed E-state index contributed by atoms with van der Waals surface area (Å²) in [6.45, 7) is 2.37. The first kappa shape index (κ1) is 15.6. The Bertz CT molecular complexity index is 419. The summed E-state index contributed by atoms with van der Waals surface area (Å²) in [5.41, 5.74) is 0.414. The minimum absolute atomic E-state index is 0.0141. The van der Waals surface area contributed by atoms with E-state index in [1.54, 1.807) is 32.0 Å². The number of phenolic OH excluding ortho intramolecular Hbond substituents is 1. The van der Waals surface area contributed by atoms with Crippen LogP contribution in [0.1, 0.15) is 19.4 Å². The topological polar surface area (TPSA) is 32.7 Å². The molecule has 1 rings (SSSR count). The van der Waals surface area contributed by atoms with Gasteiger partial charge in [0.2, 0.25) is 0 Å². The third-order valence-electron chi connectivity index (χ3n) is 2.79. The molecule has 0 unspecified atom stereocenters. The smallest absolute Gasteiger partial charge is 0.401 e. The summed E-state index contributed by atoms with van der Waals surface area (Å²) >= 11 is 0. The number of para-hydroxylation sites is 1. The Morgan fingerprint density at radius 2 is 1.95 bits per heavy atom. The fourth-order valence-corrected chi connectivity index (χ4v) is 1.73. The fraction of sp³-hybridized carbons (Fsp3) is 0.538. The Hall–Kier alpha value is -1.43. The van der Waals surface area contributed by atoms with Crippen molar-refractivity contribution in [2.75, 3.05) is 13.7 Å². The zero-order chi connectivity index (χ0) is 14.6. The number of ether oxygens (including phenoxy) is 1. The summed E-state index contributed by atoms with van der Waals surface area (Å²) in [6, 6.07) is 4.50. The third-order valence-corrected chi connectivity index (χ3v) is 2.79. The fourth-order valence-electron chi connectivity index (χ4n) is 1.73. The Kier molecular flexibility index (Phi) is 5.05. The lowest BCUT2D eigenvalue weighted by atomic mass is 10.1. The van der Waals surface area contributed by atoms with Crippen LogP contribution in [0.5, 0.6) is 11.5 Å². The number of methoxy groups -OCH3 is 1. The van der Waals surface area contributed by atoms with Crippen molar-refractivity contribution in [2.24, 2.45) is 0 Å². The van der Waals surface area contributed by atoms with Gasteiger partial charge in [-0.05, 0) is 19.9 Å². The minimum Gasteiger partial charge on any atom is -0.504 e. The molecule has 6 heteroatoms. The monoisotopic (exact) mass is 277 g/mol. The molecule has 0 radical (unpaired) electrons. The summed E-state index contributed by atoms with van der Waals surface area (Å²) in [7, 11) is 1.40. The van der Waals surface area contributed by atoms with Crippen molar-refractivity contribution in [2.45, 2.75) is 32.6 Å². The normalized spacial score (nSPS) is 12.2. The van der Waals surface area contributed by atoms with E-state index in [2.05, 4.69) is 0 Å². The lowest BCUT2D eigenvalue weighted by Gasteiger charge is -2.27. The molecule has 3 nitrogen and oxygen atoms in total. The molecule has 19 heavy (non-hydrogen) atoms. The number of phenols is 1. The molecule has 0 bridgehead atoms. The van der Waals surface area contributed by atoms with E-state index in [-0.39, 0.29) is 24.1 Å². The molecule has 0 saturated carbocycles. The lowest BCUT2D eigenvalue weighted by Crippen LogP contribution is -2.38. The summed E-state index contributed by atoms with van der Waals surface area (Å²) < 4.78 is 42.4. The van der Waals surface area contributed by atoms with Crippen molar-refractivity contribution < 1.29 is 23.0 Å². The van der Waals surface area contributed by atoms with Crippen molar-refractivity contribution >= 4 is 0 Å². The van der Waals surface area contributed by atoms with E-state index in [1.807, 2.05) is 0 Å². The van der Waals surface area contributed by atoms with Crippen molar-refractivity contribution in [3.05, 3.63) is 23.8 Å². The number of rotatable bonds is 5. The highest BCUT2D eigenvalue weighted by Gasteiger charge is 2.32. The zero-order valence-electron chi connectivity index (χ0n) is 11.2. The molecule has 0 aliphatic heterocycles. The molecule has 108 valence electrons. The number of benzene rings is 1. The van der Waals surface area contributed by atoms with Crippen LogP contribution >= 0.6 is 0 Å². The second kappa shape index (κ2) is 6.14. The van der Waals surface area contributed by atoms with Gasteiger partial charge in [0.05, 0.1) is 13.7 Å². The lowest BCUT2D eigenvalue weighted by molar-refractivity contribution is -0.150. The first-order valence-corrected chi connectivity index (χ1v) is 5.90. The molecule has 0 heterocycles. The van der Waals surface area contributed by atoms with E-state index in [1.165, 1.54) is 12.0 Å². The van der Waals surface area contributed by atoms with Crippen molar-refractivity contribution in [3.63, 3.8) is 0 Å². The van der Waals surface area contributed by atoms with Gasteiger partial charge >= 0.3 is 6.18 Å². The van der Waals surface area contributed by atoms with Crippen molar-refractivity contribution in [3.8, 4) is 11.5 Å². The van der Waals surface area contributed by atoms with Crippen molar-refractivity contribution in [1.29, 1.82) is 0 Å². The summed E-state index contributed by atoms with van der Waals surface area (Å²) in [5.74, 6) is 0.144. The molecule has 0 saturated heterocycles. The summed E-state index contributed by atoms with van der Waals surface area (Å²) in [5, 5.41) is 9.88. The molecule has 1 N–H and O–H groups in total. The van der Waals surface area contributed by atoms with Gasteiger partial charge in [-0.25, -0.2) is 0 Å². The second-order valence-electron chi connectivity index (χ2n) is 4.58. The number of hydrogen-bond donors (Lipinski definition) is 1. The van der Waals surface area contributed by atoms with Crippen LogP contribution in [0.2, 0.25) is 0 Å². The first-order valence-electron chi connectivity index (χ1n) is 5.90. The van der Waals surface area contributed by atoms with E-state index in [4.69, 9.17) is 4.74 Å². The van der Waals surface area contributed by atoms with Gasteiger partial charge in [0.1, 0.15) is 0 Å². The predicted molar refractivity (Wildman–Crippen MR) is 66.3 cm³/mol. The van der Waals surface area contributed by atoms with Gasteiger partial charge < -0.3 is 9.84 Å². The quantitative estimate of drug-likeness (QED) is 0.897. The van der Waals surface area contributed by atoms with Crippen molar-refractivity contribution in [1.82, 2.24) is 4.90 Å². The van der Waals surface area contributed by atoms with E-state index in [0.717, 1.165) is 0 Å². The molecule has 1 aromatic rings. The average Bonchev–Trinajstić information content (AvgIpc) is 2.29. The van der Waals surface area contributed by atoms with Crippen LogP contribution in [-0.2, 0) is 6.54 Å². The third kappa shape index (κ3) is 4.63. The maximum Gasteiger partial charge on any atom is 0.401 e. The number of halogens is 3. The molecule has 0 atom stereocenters. The summed E-state index contributed by atoms with van der Waals surface area (Å²) in [4.78, 5) is 1.24. The molecule has 0 aliphatic rings. The number of aromatic hydroxyl groups is 1. The highest BCUT2D eigenvalue weighted by molar-refractivity contribution is 5.45. The van der Waals surface area contributed by atoms with E-state index >= 15 is 0 Å². The van der Waals surface area contributed by atoms with Crippen LogP contribution in [0, 0.1) is 0 Å². The zero-order valence-corrected chi connectivity index (χ0v) is 11.2. The highest BCUT2D eigenvalue weighted by Crippen LogP contribution is 2.31. The van der Waals surface area contributed by atoms with Gasteiger partial charge in [-0.15, -0.1) is 0 Å². The van der Waals surface area contributed by atoms with E-state index < -0.39 is 12.7 Å². The number of nitrogens with zero attached hydrogens (tertiary/aromatic N) is 1. The average molecular weight is 277 g/mol. The Balaban J connectivity index is 2.91. The molecule has 0 aromatic heterocycles. The highest BCUT2D eigenvalue weighted by atomic mass is 19.4. The Morgan fingerprint density at radius 1 is 1.32 bits per heavy atom. The van der Waals surface area contributed by atoms with E-state index in [0.29, 0.717) is 5.56 Å². The van der Waals surface area contributed by atoms with Crippen LogP contribution < -0.4 is 4.74 Å². The Labute approximate surface area is 110 Å². The molecule has 0 fully saturated rings. The van der Waals surface area contributed by atoms with Crippen LogP contribution in [0.15, 0.2) is 18.2 Å². The van der Waals surface area contributed by atoms with Gasteiger partial charge in [0.25, 0.3) is 0 Å². The van der Waals surface area contributed by atoms with Gasteiger partial charge in [-0.3, -0.25) is 4.90 Å². The molecule has 1 aromatic carbocycles. The SMILES string of the molecule is COc1cccc(CN(CC(F)(F)F)C(C)C)c1O. The second-order valence-corrected chi connectivity index (χ2v) is 4.58. The maximum absolute atomic E-state index is 12.5. The van der Waals surface area contributed by atoms with E-state index in [9.17, 15) is 18.3 Å². The summed E-state index contributed by atoms with van der Waals surface area (Å²) in [6.07, 6.45) is -4.27. The molecule has 0 amide bonds. The predicted octanol–water partition coefficient (Wildman–Crippen LogP) is 3.17. The largest absolute Gasteiger partial charge is 0.504 e. The maximum atomic E-state index is 12.5. The van der Waals surface area contributed by atoms with Crippen LogP contribution in [-0.4, -0.2) is 35.9 Å².